The fourth-order valence-corrected chi connectivity index (χ4v) is 3.01. The lowest BCUT2D eigenvalue weighted by Crippen LogP contribution is -2.46. The van der Waals surface area contributed by atoms with Gasteiger partial charge >= 0.3 is 0 Å². The molecule has 1 aliphatic heterocycles. The summed E-state index contributed by atoms with van der Waals surface area (Å²) in [5.41, 5.74) is 2.45. The fraction of sp³-hybridized carbons (Fsp3) is 0.529. The molecule has 1 saturated heterocycles. The zero-order valence-corrected chi connectivity index (χ0v) is 14.2. The molecule has 7 heteroatoms. The van der Waals surface area contributed by atoms with E-state index in [-0.39, 0.29) is 18.5 Å². The molecule has 0 spiro atoms. The summed E-state index contributed by atoms with van der Waals surface area (Å²) in [6.45, 7) is 6.09. The lowest BCUT2D eigenvalue weighted by Gasteiger charge is -2.33. The lowest BCUT2D eigenvalue weighted by molar-refractivity contribution is -0.133. The van der Waals surface area contributed by atoms with Crippen LogP contribution in [0, 0.1) is 0 Å². The maximum atomic E-state index is 12.4. The van der Waals surface area contributed by atoms with Gasteiger partial charge in [-0.25, -0.2) is 4.68 Å². The molecule has 1 aliphatic rings. The average Bonchev–Trinajstić information content (AvgIpc) is 3.08. The van der Waals surface area contributed by atoms with Crippen molar-refractivity contribution in [3.63, 3.8) is 0 Å². The van der Waals surface area contributed by atoms with Crippen LogP contribution in [0.25, 0.3) is 0 Å². The number of aromatic nitrogens is 4. The van der Waals surface area contributed by atoms with Crippen molar-refractivity contribution in [3.05, 3.63) is 36.2 Å². The van der Waals surface area contributed by atoms with Crippen LogP contribution in [-0.2, 0) is 11.3 Å². The molecule has 1 aromatic heterocycles. The molecular formula is C17H24N6O. The molecule has 1 atom stereocenters. The zero-order chi connectivity index (χ0) is 16.9. The Morgan fingerprint density at radius 1 is 1.33 bits per heavy atom. The SMILES string of the molecule is CC(C)c1ccc(N[C@@H]2CCCN(C(=O)Cn3cnnn3)C2)cc1. The number of tetrazole rings is 1. The van der Waals surface area contributed by atoms with E-state index in [2.05, 4.69) is 59.0 Å². The second kappa shape index (κ2) is 7.42. The van der Waals surface area contributed by atoms with Crippen molar-refractivity contribution in [1.29, 1.82) is 0 Å². The molecule has 0 radical (unpaired) electrons. The van der Waals surface area contributed by atoms with Crippen LogP contribution in [0.4, 0.5) is 5.69 Å². The molecular weight excluding hydrogens is 304 g/mol. The minimum Gasteiger partial charge on any atom is -0.381 e. The molecule has 128 valence electrons. The number of amides is 1. The number of rotatable bonds is 5. The van der Waals surface area contributed by atoms with E-state index >= 15 is 0 Å². The number of benzene rings is 1. The number of anilines is 1. The molecule has 1 fully saturated rings. The van der Waals surface area contributed by atoms with Gasteiger partial charge in [0.1, 0.15) is 12.9 Å². The predicted octanol–water partition coefficient (Wildman–Crippen LogP) is 1.90. The van der Waals surface area contributed by atoms with Gasteiger partial charge in [0.15, 0.2) is 0 Å². The van der Waals surface area contributed by atoms with Crippen molar-refractivity contribution in [2.24, 2.45) is 0 Å². The first-order valence-corrected chi connectivity index (χ1v) is 8.47. The van der Waals surface area contributed by atoms with Crippen LogP contribution in [0.3, 0.4) is 0 Å². The van der Waals surface area contributed by atoms with Gasteiger partial charge in [-0.15, -0.1) is 5.10 Å². The van der Waals surface area contributed by atoms with Crippen LogP contribution in [0.15, 0.2) is 30.6 Å². The van der Waals surface area contributed by atoms with E-state index in [0.29, 0.717) is 12.5 Å². The Hall–Kier alpha value is -2.44. The van der Waals surface area contributed by atoms with Crippen molar-refractivity contribution in [1.82, 2.24) is 25.1 Å². The molecule has 1 amide bonds. The quantitative estimate of drug-likeness (QED) is 0.907. The van der Waals surface area contributed by atoms with Crippen LogP contribution in [-0.4, -0.2) is 50.1 Å². The van der Waals surface area contributed by atoms with Gasteiger partial charge in [0.2, 0.25) is 5.91 Å². The van der Waals surface area contributed by atoms with E-state index in [1.807, 2.05) is 4.90 Å². The van der Waals surface area contributed by atoms with Crippen molar-refractivity contribution >= 4 is 11.6 Å². The minimum absolute atomic E-state index is 0.0592. The third-order valence-corrected chi connectivity index (χ3v) is 4.41. The van der Waals surface area contributed by atoms with Crippen LogP contribution in [0.1, 0.15) is 38.2 Å². The van der Waals surface area contributed by atoms with Crippen LogP contribution in [0.2, 0.25) is 0 Å². The predicted molar refractivity (Wildman–Crippen MR) is 91.6 cm³/mol. The molecule has 2 heterocycles. The monoisotopic (exact) mass is 328 g/mol. The second-order valence-electron chi connectivity index (χ2n) is 6.61. The highest BCUT2D eigenvalue weighted by Crippen LogP contribution is 2.20. The highest BCUT2D eigenvalue weighted by molar-refractivity contribution is 5.76. The summed E-state index contributed by atoms with van der Waals surface area (Å²) in [5.74, 6) is 0.595. The Labute approximate surface area is 142 Å². The van der Waals surface area contributed by atoms with Crippen LogP contribution >= 0.6 is 0 Å². The maximum absolute atomic E-state index is 12.4. The standard InChI is InChI=1S/C17H24N6O/c1-13(2)14-5-7-15(8-6-14)19-16-4-3-9-22(10-16)17(24)11-23-12-18-20-21-23/h5-8,12-13,16,19H,3-4,9-11H2,1-2H3/t16-/m1/s1. The van der Waals surface area contributed by atoms with Gasteiger partial charge in [0.05, 0.1) is 0 Å². The number of nitrogens with zero attached hydrogens (tertiary/aromatic N) is 5. The first-order chi connectivity index (χ1) is 11.6. The van der Waals surface area contributed by atoms with Gasteiger partial charge in [-0.1, -0.05) is 26.0 Å². The Kier molecular flexibility index (Phi) is 5.08. The summed E-state index contributed by atoms with van der Waals surface area (Å²) in [4.78, 5) is 14.3. The molecule has 1 N–H and O–H groups in total. The van der Waals surface area contributed by atoms with Crippen molar-refractivity contribution < 1.29 is 4.79 Å². The number of hydrogen-bond acceptors (Lipinski definition) is 5. The fourth-order valence-electron chi connectivity index (χ4n) is 3.01. The van der Waals surface area contributed by atoms with Gasteiger partial charge < -0.3 is 10.2 Å². The summed E-state index contributed by atoms with van der Waals surface area (Å²) in [7, 11) is 0. The van der Waals surface area contributed by atoms with Gasteiger partial charge in [-0.05, 0) is 46.9 Å². The minimum atomic E-state index is 0.0592. The van der Waals surface area contributed by atoms with E-state index < -0.39 is 0 Å². The van der Waals surface area contributed by atoms with E-state index in [4.69, 9.17) is 0 Å². The van der Waals surface area contributed by atoms with Gasteiger partial charge in [0.25, 0.3) is 0 Å². The third-order valence-electron chi connectivity index (χ3n) is 4.41. The summed E-state index contributed by atoms with van der Waals surface area (Å²) in [6, 6.07) is 8.85. The van der Waals surface area contributed by atoms with Crippen LogP contribution < -0.4 is 5.32 Å². The third kappa shape index (κ3) is 4.10. The number of carbonyl (C=O) groups is 1. The van der Waals surface area contributed by atoms with Gasteiger partial charge in [-0.3, -0.25) is 4.79 Å². The Morgan fingerprint density at radius 3 is 2.79 bits per heavy atom. The number of piperidine rings is 1. The van der Waals surface area contributed by atoms with Gasteiger partial charge in [0, 0.05) is 24.8 Å². The summed E-state index contributed by atoms with van der Waals surface area (Å²) >= 11 is 0. The molecule has 0 aliphatic carbocycles. The molecule has 7 nitrogen and oxygen atoms in total. The Bertz CT molecular complexity index is 652. The first-order valence-electron chi connectivity index (χ1n) is 8.47. The Balaban J connectivity index is 1.56. The lowest BCUT2D eigenvalue weighted by atomic mass is 10.0. The first kappa shape index (κ1) is 16.4. The van der Waals surface area contributed by atoms with Crippen molar-refractivity contribution in [2.75, 3.05) is 18.4 Å². The average molecular weight is 328 g/mol. The molecule has 2 aromatic rings. The highest BCUT2D eigenvalue weighted by Gasteiger charge is 2.23. The highest BCUT2D eigenvalue weighted by atomic mass is 16.2. The smallest absolute Gasteiger partial charge is 0.244 e. The zero-order valence-electron chi connectivity index (χ0n) is 14.2. The van der Waals surface area contributed by atoms with Crippen molar-refractivity contribution in [3.8, 4) is 0 Å². The largest absolute Gasteiger partial charge is 0.381 e. The molecule has 24 heavy (non-hydrogen) atoms. The molecule has 3 rings (SSSR count). The number of hydrogen-bond donors (Lipinski definition) is 1. The summed E-state index contributed by atoms with van der Waals surface area (Å²) in [5, 5.41) is 14.4. The molecule has 0 unspecified atom stereocenters. The topological polar surface area (TPSA) is 75.9 Å². The second-order valence-corrected chi connectivity index (χ2v) is 6.61. The molecule has 0 bridgehead atoms. The summed E-state index contributed by atoms with van der Waals surface area (Å²) < 4.78 is 1.46. The van der Waals surface area contributed by atoms with E-state index in [1.165, 1.54) is 16.6 Å². The molecule has 0 saturated carbocycles. The molecule has 1 aromatic carbocycles. The maximum Gasteiger partial charge on any atom is 0.244 e. The van der Waals surface area contributed by atoms with E-state index in [1.54, 1.807) is 0 Å². The van der Waals surface area contributed by atoms with E-state index in [0.717, 1.165) is 25.1 Å². The number of carbonyl (C=O) groups excluding carboxylic acids is 1. The Morgan fingerprint density at radius 2 is 2.12 bits per heavy atom. The number of likely N-dealkylation sites (tertiary alicyclic amines) is 1. The van der Waals surface area contributed by atoms with Crippen LogP contribution in [0.5, 0.6) is 0 Å². The normalized spacial score (nSPS) is 18.0. The van der Waals surface area contributed by atoms with Gasteiger partial charge in [-0.2, -0.15) is 0 Å². The summed E-state index contributed by atoms with van der Waals surface area (Å²) in [6.07, 6.45) is 3.54. The van der Waals surface area contributed by atoms with E-state index in [9.17, 15) is 4.79 Å². The number of nitrogens with one attached hydrogen (secondary N) is 1. The van der Waals surface area contributed by atoms with Crippen molar-refractivity contribution in [2.45, 2.75) is 45.2 Å².